The molecule has 0 saturated carbocycles. The predicted molar refractivity (Wildman–Crippen MR) is 89.3 cm³/mol. The minimum Gasteiger partial charge on any atom is -0.448 e. The normalized spacial score (nSPS) is 13.0. The van der Waals surface area contributed by atoms with E-state index < -0.39 is 12.1 Å². The summed E-state index contributed by atoms with van der Waals surface area (Å²) in [5, 5.41) is 3.85. The molecule has 0 bridgehead atoms. The van der Waals surface area contributed by atoms with Crippen LogP contribution >= 0.6 is 11.3 Å². The fourth-order valence-electron chi connectivity index (χ4n) is 2.11. The lowest BCUT2D eigenvalue weighted by Gasteiger charge is -2.23. The minimum atomic E-state index is -0.823. The molecule has 1 atom stereocenters. The molecule has 4 nitrogen and oxygen atoms in total. The van der Waals surface area contributed by atoms with E-state index in [1.807, 2.05) is 52.0 Å². The molecule has 0 spiro atoms. The molecule has 1 aromatic carbocycles. The van der Waals surface area contributed by atoms with Gasteiger partial charge in [0.15, 0.2) is 6.10 Å². The van der Waals surface area contributed by atoms with Gasteiger partial charge < -0.3 is 10.1 Å². The number of ether oxygens (including phenoxy) is 1. The number of aryl methyl sites for hydroxylation is 1. The molecule has 1 aromatic heterocycles. The molecule has 0 radical (unpaired) electrons. The summed E-state index contributed by atoms with van der Waals surface area (Å²) in [6, 6.07) is 7.83. The maximum Gasteiger partial charge on any atom is 0.349 e. The smallest absolute Gasteiger partial charge is 0.349 e. The number of hydrogen-bond acceptors (Lipinski definition) is 4. The Morgan fingerprint density at radius 1 is 1.23 bits per heavy atom. The molecule has 0 aliphatic carbocycles. The zero-order valence-electron chi connectivity index (χ0n) is 13.5. The van der Waals surface area contributed by atoms with E-state index in [4.69, 9.17) is 4.74 Å². The van der Waals surface area contributed by atoms with E-state index in [-0.39, 0.29) is 11.4 Å². The summed E-state index contributed by atoms with van der Waals surface area (Å²) in [6.45, 7) is 9.14. The van der Waals surface area contributed by atoms with Gasteiger partial charge in [-0.3, -0.25) is 4.79 Å². The summed E-state index contributed by atoms with van der Waals surface area (Å²) in [6.07, 6.45) is -0.823. The van der Waals surface area contributed by atoms with Crippen LogP contribution in [0, 0.1) is 6.92 Å². The highest BCUT2D eigenvalue weighted by Gasteiger charge is 2.24. The summed E-state index contributed by atoms with van der Waals surface area (Å²) in [5.41, 5.74) is 0.541. The second-order valence-corrected chi connectivity index (χ2v) is 7.39. The van der Waals surface area contributed by atoms with Crippen molar-refractivity contribution in [3.05, 3.63) is 34.7 Å². The van der Waals surface area contributed by atoms with Crippen molar-refractivity contribution in [1.82, 2.24) is 5.32 Å². The van der Waals surface area contributed by atoms with Crippen LogP contribution < -0.4 is 5.32 Å². The molecule has 2 rings (SSSR count). The van der Waals surface area contributed by atoms with Gasteiger partial charge in [0.25, 0.3) is 5.91 Å². The molecule has 0 saturated heterocycles. The molecule has 0 aliphatic rings. The Morgan fingerprint density at radius 3 is 2.45 bits per heavy atom. The van der Waals surface area contributed by atoms with Crippen molar-refractivity contribution in [2.75, 3.05) is 0 Å². The van der Waals surface area contributed by atoms with Crippen LogP contribution in [0.4, 0.5) is 0 Å². The van der Waals surface area contributed by atoms with Crippen molar-refractivity contribution >= 4 is 33.3 Å². The largest absolute Gasteiger partial charge is 0.448 e. The van der Waals surface area contributed by atoms with E-state index in [9.17, 15) is 9.59 Å². The third-order valence-electron chi connectivity index (χ3n) is 3.18. The van der Waals surface area contributed by atoms with Crippen molar-refractivity contribution < 1.29 is 14.3 Å². The first-order valence-corrected chi connectivity index (χ1v) is 8.02. The third-order valence-corrected chi connectivity index (χ3v) is 4.43. The summed E-state index contributed by atoms with van der Waals surface area (Å²) in [4.78, 5) is 24.9. The molecule has 0 unspecified atom stereocenters. The fraction of sp³-hybridized carbons (Fsp3) is 0.412. The summed E-state index contributed by atoms with van der Waals surface area (Å²) < 4.78 is 6.35. The van der Waals surface area contributed by atoms with Crippen molar-refractivity contribution in [3.63, 3.8) is 0 Å². The zero-order valence-corrected chi connectivity index (χ0v) is 14.3. The van der Waals surface area contributed by atoms with Crippen LogP contribution in [0.3, 0.4) is 0 Å². The molecule has 118 valence electrons. The Bertz CT molecular complexity index is 712. The van der Waals surface area contributed by atoms with Crippen LogP contribution in [-0.2, 0) is 9.53 Å². The monoisotopic (exact) mass is 319 g/mol. The number of carbonyl (C=O) groups is 2. The van der Waals surface area contributed by atoms with Crippen LogP contribution in [0.5, 0.6) is 0 Å². The lowest BCUT2D eigenvalue weighted by atomic mass is 10.1. The quantitative estimate of drug-likeness (QED) is 0.878. The molecular weight excluding hydrogens is 298 g/mol. The van der Waals surface area contributed by atoms with Gasteiger partial charge in [-0.25, -0.2) is 4.79 Å². The number of hydrogen-bond donors (Lipinski definition) is 1. The molecule has 1 N–H and O–H groups in total. The average molecular weight is 319 g/mol. The summed E-state index contributed by atoms with van der Waals surface area (Å²) >= 11 is 1.39. The average Bonchev–Trinajstić information content (AvgIpc) is 2.75. The first-order chi connectivity index (χ1) is 10.2. The molecular formula is C17H21NO3S. The van der Waals surface area contributed by atoms with Gasteiger partial charge in [0.05, 0.1) is 0 Å². The number of rotatable bonds is 3. The first kappa shape index (κ1) is 16.5. The van der Waals surface area contributed by atoms with Crippen molar-refractivity contribution in [2.24, 2.45) is 0 Å². The van der Waals surface area contributed by atoms with Crippen LogP contribution in [0.1, 0.15) is 42.9 Å². The van der Waals surface area contributed by atoms with Crippen molar-refractivity contribution in [1.29, 1.82) is 0 Å². The van der Waals surface area contributed by atoms with Gasteiger partial charge in [-0.1, -0.05) is 18.2 Å². The highest BCUT2D eigenvalue weighted by molar-refractivity contribution is 7.21. The molecule has 0 aliphatic heterocycles. The second-order valence-electron chi connectivity index (χ2n) is 6.34. The van der Waals surface area contributed by atoms with Gasteiger partial charge in [0.2, 0.25) is 0 Å². The summed E-state index contributed by atoms with van der Waals surface area (Å²) in [7, 11) is 0. The number of amides is 1. The predicted octanol–water partition coefficient (Wildman–Crippen LogP) is 3.67. The van der Waals surface area contributed by atoms with E-state index >= 15 is 0 Å². The van der Waals surface area contributed by atoms with Gasteiger partial charge >= 0.3 is 5.97 Å². The lowest BCUT2D eigenvalue weighted by Crippen LogP contribution is -2.46. The molecule has 1 amide bonds. The number of nitrogens with one attached hydrogen (secondary N) is 1. The first-order valence-electron chi connectivity index (χ1n) is 7.20. The highest BCUT2D eigenvalue weighted by atomic mass is 32.1. The maximum atomic E-state index is 12.3. The van der Waals surface area contributed by atoms with Gasteiger partial charge in [0.1, 0.15) is 4.88 Å². The molecule has 5 heteroatoms. The van der Waals surface area contributed by atoms with Gasteiger partial charge in [0, 0.05) is 10.2 Å². The van der Waals surface area contributed by atoms with Gasteiger partial charge in [-0.05, 0) is 51.6 Å². The zero-order chi connectivity index (χ0) is 16.5. The van der Waals surface area contributed by atoms with Gasteiger partial charge in [-0.2, -0.15) is 0 Å². The third kappa shape index (κ3) is 3.65. The van der Waals surface area contributed by atoms with Crippen molar-refractivity contribution in [2.45, 2.75) is 46.3 Å². The highest BCUT2D eigenvalue weighted by Crippen LogP contribution is 2.31. The Kier molecular flexibility index (Phi) is 4.56. The molecule has 22 heavy (non-hydrogen) atoms. The maximum absolute atomic E-state index is 12.3. The minimum absolute atomic E-state index is 0.292. The van der Waals surface area contributed by atoms with E-state index in [0.717, 1.165) is 15.6 Å². The van der Waals surface area contributed by atoms with E-state index in [2.05, 4.69) is 5.32 Å². The standard InChI is InChI=1S/C17H21NO3S/c1-10-12-8-6-7-9-13(12)22-14(10)16(20)21-11(2)15(19)18-17(3,4)5/h6-9,11H,1-5H3,(H,18,19)/t11-/m0/s1. The SMILES string of the molecule is Cc1c(C(=O)O[C@@H](C)C(=O)NC(C)(C)C)sc2ccccc12. The lowest BCUT2D eigenvalue weighted by molar-refractivity contribution is -0.130. The Balaban J connectivity index is 2.14. The van der Waals surface area contributed by atoms with E-state index in [0.29, 0.717) is 4.88 Å². The number of benzene rings is 1. The number of carbonyl (C=O) groups excluding carboxylic acids is 2. The van der Waals surface area contributed by atoms with Crippen LogP contribution in [0.25, 0.3) is 10.1 Å². The summed E-state index contributed by atoms with van der Waals surface area (Å²) in [5.74, 6) is -0.741. The van der Waals surface area contributed by atoms with Crippen LogP contribution in [-0.4, -0.2) is 23.5 Å². The topological polar surface area (TPSA) is 55.4 Å². The second kappa shape index (κ2) is 6.08. The number of esters is 1. The van der Waals surface area contributed by atoms with Crippen molar-refractivity contribution in [3.8, 4) is 0 Å². The Morgan fingerprint density at radius 2 is 1.86 bits per heavy atom. The van der Waals surface area contributed by atoms with E-state index in [1.165, 1.54) is 11.3 Å². The van der Waals surface area contributed by atoms with E-state index in [1.54, 1.807) is 6.92 Å². The Labute approximate surface area is 134 Å². The van der Waals surface area contributed by atoms with Gasteiger partial charge in [-0.15, -0.1) is 11.3 Å². The number of fused-ring (bicyclic) bond motifs is 1. The molecule has 2 aromatic rings. The van der Waals surface area contributed by atoms with Crippen LogP contribution in [0.2, 0.25) is 0 Å². The fourth-order valence-corrected chi connectivity index (χ4v) is 3.20. The Hall–Kier alpha value is -1.88. The number of thiophene rings is 1. The molecule has 0 fully saturated rings. The molecule has 1 heterocycles. The van der Waals surface area contributed by atoms with Crippen LogP contribution in [0.15, 0.2) is 24.3 Å².